The van der Waals surface area contributed by atoms with Crippen molar-refractivity contribution >= 4 is 37.3 Å². The van der Waals surface area contributed by atoms with Crippen LogP contribution >= 0.6 is 11.6 Å². The zero-order valence-electron chi connectivity index (χ0n) is 13.3. The Kier molecular flexibility index (Phi) is 5.24. The van der Waals surface area contributed by atoms with E-state index >= 15 is 0 Å². The topological polar surface area (TPSA) is 83.6 Å². The minimum Gasteiger partial charge on any atom is -0.279 e. The summed E-state index contributed by atoms with van der Waals surface area (Å²) in [5.74, 6) is 0. The fourth-order valence-corrected chi connectivity index (χ4v) is 4.08. The van der Waals surface area contributed by atoms with Crippen LogP contribution in [0.3, 0.4) is 0 Å². The molecule has 2 rings (SSSR count). The number of nitrogens with one attached hydrogen (secondary N) is 1. The van der Waals surface area contributed by atoms with Gasteiger partial charge < -0.3 is 0 Å². The number of halogens is 1. The molecule has 0 unspecified atom stereocenters. The van der Waals surface area contributed by atoms with Crippen molar-refractivity contribution in [1.82, 2.24) is 4.31 Å². The summed E-state index contributed by atoms with van der Waals surface area (Å²) < 4.78 is 52.8. The Morgan fingerprint density at radius 1 is 0.917 bits per heavy atom. The number of sulfonamides is 2. The number of hydrogen-bond donors (Lipinski definition) is 1. The van der Waals surface area contributed by atoms with Crippen LogP contribution in [0, 0.1) is 6.92 Å². The molecule has 0 heterocycles. The number of rotatable bonds is 5. The van der Waals surface area contributed by atoms with E-state index in [0.29, 0.717) is 10.6 Å². The number of hydrogen-bond acceptors (Lipinski definition) is 4. The van der Waals surface area contributed by atoms with Crippen molar-refractivity contribution < 1.29 is 16.8 Å². The van der Waals surface area contributed by atoms with Crippen molar-refractivity contribution in [2.24, 2.45) is 0 Å². The van der Waals surface area contributed by atoms with Crippen molar-refractivity contribution in [2.45, 2.75) is 16.7 Å². The maximum Gasteiger partial charge on any atom is 0.261 e. The molecule has 0 bridgehead atoms. The molecule has 2 aromatic rings. The predicted molar refractivity (Wildman–Crippen MR) is 94.3 cm³/mol. The molecule has 1 N–H and O–H groups in total. The number of anilines is 1. The van der Waals surface area contributed by atoms with Gasteiger partial charge in [-0.05, 0) is 48.9 Å². The largest absolute Gasteiger partial charge is 0.279 e. The van der Waals surface area contributed by atoms with E-state index < -0.39 is 20.0 Å². The smallest absolute Gasteiger partial charge is 0.261 e. The summed E-state index contributed by atoms with van der Waals surface area (Å²) in [6.45, 7) is 1.69. The Morgan fingerprint density at radius 3 is 2.00 bits per heavy atom. The van der Waals surface area contributed by atoms with Gasteiger partial charge in [-0.25, -0.2) is 21.1 Å². The number of aryl methyl sites for hydroxylation is 1. The molecule has 0 aromatic heterocycles. The van der Waals surface area contributed by atoms with Crippen molar-refractivity contribution in [1.29, 1.82) is 0 Å². The first kappa shape index (κ1) is 18.7. The highest BCUT2D eigenvalue weighted by Gasteiger charge is 2.20. The lowest BCUT2D eigenvalue weighted by Gasteiger charge is -2.15. The van der Waals surface area contributed by atoms with Crippen LogP contribution in [0.2, 0.25) is 5.02 Å². The van der Waals surface area contributed by atoms with E-state index in [1.807, 2.05) is 0 Å². The van der Waals surface area contributed by atoms with E-state index in [1.165, 1.54) is 50.5 Å². The molecule has 0 aliphatic heterocycles. The van der Waals surface area contributed by atoms with E-state index in [0.717, 1.165) is 4.31 Å². The summed E-state index contributed by atoms with van der Waals surface area (Å²) in [7, 11) is -4.69. The monoisotopic (exact) mass is 388 g/mol. The second kappa shape index (κ2) is 6.72. The molecule has 0 radical (unpaired) electrons. The molecule has 0 atom stereocenters. The molecule has 130 valence electrons. The lowest BCUT2D eigenvalue weighted by atomic mass is 10.2. The summed E-state index contributed by atoms with van der Waals surface area (Å²) in [6, 6.07) is 9.98. The van der Waals surface area contributed by atoms with Crippen LogP contribution in [0.4, 0.5) is 5.69 Å². The summed E-state index contributed by atoms with van der Waals surface area (Å²) in [4.78, 5) is 0.0408. The predicted octanol–water partition coefficient (Wildman–Crippen LogP) is 2.70. The molecule has 0 spiro atoms. The van der Waals surface area contributed by atoms with Gasteiger partial charge in [0.2, 0.25) is 10.0 Å². The zero-order valence-corrected chi connectivity index (χ0v) is 15.7. The average molecular weight is 389 g/mol. The quantitative estimate of drug-likeness (QED) is 0.853. The molecule has 0 saturated carbocycles. The first-order valence-electron chi connectivity index (χ1n) is 6.85. The molecule has 6 nitrogen and oxygen atoms in total. The minimum absolute atomic E-state index is 0.00639. The maximum absolute atomic E-state index is 12.4. The van der Waals surface area contributed by atoms with E-state index in [-0.39, 0.29) is 15.5 Å². The first-order valence-corrected chi connectivity index (χ1v) is 10.2. The molecule has 9 heteroatoms. The fraction of sp³-hybridized carbons (Fsp3) is 0.200. The highest BCUT2D eigenvalue weighted by molar-refractivity contribution is 7.92. The van der Waals surface area contributed by atoms with Crippen LogP contribution in [0.1, 0.15) is 5.56 Å². The molecule has 2 aromatic carbocycles. The van der Waals surface area contributed by atoms with Gasteiger partial charge in [0.25, 0.3) is 10.0 Å². The number of benzene rings is 2. The second-order valence-electron chi connectivity index (χ2n) is 5.32. The Bertz CT molecular complexity index is 953. The van der Waals surface area contributed by atoms with Crippen molar-refractivity contribution in [3.8, 4) is 0 Å². The highest BCUT2D eigenvalue weighted by atomic mass is 35.5. The summed E-state index contributed by atoms with van der Waals surface area (Å²) in [6.07, 6.45) is 0. The van der Waals surface area contributed by atoms with Gasteiger partial charge in [-0.15, -0.1) is 0 Å². The molecule has 24 heavy (non-hydrogen) atoms. The number of nitrogens with zero attached hydrogens (tertiary/aromatic N) is 1. The molecule has 0 saturated heterocycles. The zero-order chi connectivity index (χ0) is 18.1. The van der Waals surface area contributed by atoms with Crippen molar-refractivity contribution in [3.63, 3.8) is 0 Å². The normalized spacial score (nSPS) is 12.4. The third-order valence-corrected chi connectivity index (χ3v) is 6.80. The van der Waals surface area contributed by atoms with Crippen LogP contribution in [-0.2, 0) is 20.0 Å². The van der Waals surface area contributed by atoms with Crippen molar-refractivity contribution in [2.75, 3.05) is 18.8 Å². The Hall–Kier alpha value is -1.61. The van der Waals surface area contributed by atoms with Crippen LogP contribution in [0.25, 0.3) is 0 Å². The molecular formula is C15H17ClN2O4S2. The summed E-state index contributed by atoms with van der Waals surface area (Å²) >= 11 is 5.76. The van der Waals surface area contributed by atoms with E-state index in [2.05, 4.69) is 4.72 Å². The van der Waals surface area contributed by atoms with Gasteiger partial charge in [-0.3, -0.25) is 4.72 Å². The molecule has 0 amide bonds. The first-order chi connectivity index (χ1) is 11.0. The van der Waals surface area contributed by atoms with Gasteiger partial charge >= 0.3 is 0 Å². The van der Waals surface area contributed by atoms with Crippen LogP contribution in [0.5, 0.6) is 0 Å². The Balaban J connectivity index is 2.44. The van der Waals surface area contributed by atoms with Gasteiger partial charge in [-0.1, -0.05) is 17.7 Å². The van der Waals surface area contributed by atoms with Gasteiger partial charge in [-0.2, -0.15) is 0 Å². The lowest BCUT2D eigenvalue weighted by Crippen LogP contribution is -2.22. The third kappa shape index (κ3) is 3.89. The SMILES string of the molecule is Cc1ccc(S(=O)(=O)N(C)C)cc1NS(=O)(=O)c1ccc(Cl)cc1. The van der Waals surface area contributed by atoms with Gasteiger partial charge in [0.1, 0.15) is 0 Å². The molecule has 0 fully saturated rings. The molecular weight excluding hydrogens is 372 g/mol. The third-order valence-electron chi connectivity index (χ3n) is 3.36. The standard InChI is InChI=1S/C15H17ClN2O4S2/c1-11-4-7-14(24(21,22)18(2)3)10-15(11)17-23(19,20)13-8-5-12(16)6-9-13/h4-10,17H,1-3H3. The molecule has 0 aliphatic rings. The summed E-state index contributed by atoms with van der Waals surface area (Å²) in [5.41, 5.74) is 0.804. The lowest BCUT2D eigenvalue weighted by molar-refractivity contribution is 0.520. The van der Waals surface area contributed by atoms with E-state index in [1.54, 1.807) is 13.0 Å². The molecule has 0 aliphatic carbocycles. The van der Waals surface area contributed by atoms with Crippen LogP contribution in [0.15, 0.2) is 52.3 Å². The van der Waals surface area contributed by atoms with Crippen LogP contribution in [-0.4, -0.2) is 35.2 Å². The van der Waals surface area contributed by atoms with Crippen molar-refractivity contribution in [3.05, 3.63) is 53.1 Å². The Morgan fingerprint density at radius 2 is 1.46 bits per heavy atom. The van der Waals surface area contributed by atoms with Crippen LogP contribution < -0.4 is 4.72 Å². The van der Waals surface area contributed by atoms with Gasteiger partial charge in [0.05, 0.1) is 15.5 Å². The summed E-state index contributed by atoms with van der Waals surface area (Å²) in [5, 5.41) is 0.421. The van der Waals surface area contributed by atoms with E-state index in [4.69, 9.17) is 11.6 Å². The van der Waals surface area contributed by atoms with Gasteiger partial charge in [0, 0.05) is 19.1 Å². The Labute approximate surface area is 147 Å². The second-order valence-corrected chi connectivity index (χ2v) is 9.59. The van der Waals surface area contributed by atoms with Gasteiger partial charge in [0.15, 0.2) is 0 Å². The maximum atomic E-state index is 12.4. The fourth-order valence-electron chi connectivity index (χ4n) is 1.90. The minimum atomic E-state index is -3.85. The van der Waals surface area contributed by atoms with E-state index in [9.17, 15) is 16.8 Å². The highest BCUT2D eigenvalue weighted by Crippen LogP contribution is 2.25. The average Bonchev–Trinajstić information content (AvgIpc) is 2.49.